The van der Waals surface area contributed by atoms with Gasteiger partial charge in [-0.15, -0.1) is 0 Å². The SMILES string of the molecule is Cc1cc(C)c2c(c1)[C@@H](O)CCCC2. The summed E-state index contributed by atoms with van der Waals surface area (Å²) in [7, 11) is 0. The fourth-order valence-corrected chi connectivity index (χ4v) is 2.46. The van der Waals surface area contributed by atoms with Crippen molar-refractivity contribution in [1.82, 2.24) is 0 Å². The van der Waals surface area contributed by atoms with Gasteiger partial charge in [0.1, 0.15) is 0 Å². The van der Waals surface area contributed by atoms with E-state index in [-0.39, 0.29) is 6.10 Å². The molecule has 1 aromatic carbocycles. The zero-order valence-electron chi connectivity index (χ0n) is 9.01. The van der Waals surface area contributed by atoms with Crippen LogP contribution in [-0.4, -0.2) is 5.11 Å². The standard InChI is InChI=1S/C13H18O/c1-9-7-10(2)11-5-3-4-6-13(14)12(11)8-9/h7-8,13-14H,3-6H2,1-2H3/t13-/m0/s1. The van der Waals surface area contributed by atoms with Crippen molar-refractivity contribution in [3.8, 4) is 0 Å². The average molecular weight is 190 g/mol. The highest BCUT2D eigenvalue weighted by molar-refractivity contribution is 5.40. The van der Waals surface area contributed by atoms with E-state index in [0.29, 0.717) is 0 Å². The summed E-state index contributed by atoms with van der Waals surface area (Å²) in [5, 5.41) is 9.99. The van der Waals surface area contributed by atoms with E-state index in [4.69, 9.17) is 0 Å². The van der Waals surface area contributed by atoms with Gasteiger partial charge < -0.3 is 5.11 Å². The molecule has 0 unspecified atom stereocenters. The van der Waals surface area contributed by atoms with Crippen molar-refractivity contribution in [2.75, 3.05) is 0 Å². The van der Waals surface area contributed by atoms with Crippen molar-refractivity contribution in [3.63, 3.8) is 0 Å². The number of aryl methyl sites for hydroxylation is 2. The van der Waals surface area contributed by atoms with E-state index in [1.807, 2.05) is 0 Å². The van der Waals surface area contributed by atoms with Gasteiger partial charge in [-0.1, -0.05) is 24.1 Å². The second-order valence-electron chi connectivity index (χ2n) is 4.41. The zero-order chi connectivity index (χ0) is 10.1. The molecule has 0 aromatic heterocycles. The molecule has 0 saturated heterocycles. The van der Waals surface area contributed by atoms with Gasteiger partial charge >= 0.3 is 0 Å². The molecular formula is C13H18O. The number of aliphatic hydroxyl groups excluding tert-OH is 1. The van der Waals surface area contributed by atoms with Crippen LogP contribution in [0.2, 0.25) is 0 Å². The van der Waals surface area contributed by atoms with E-state index in [2.05, 4.69) is 26.0 Å². The lowest BCUT2D eigenvalue weighted by Gasteiger charge is -2.14. The third kappa shape index (κ3) is 1.69. The van der Waals surface area contributed by atoms with Crippen LogP contribution in [0.25, 0.3) is 0 Å². The molecule has 0 aliphatic heterocycles. The highest BCUT2D eigenvalue weighted by atomic mass is 16.3. The number of fused-ring (bicyclic) bond motifs is 1. The second kappa shape index (κ2) is 3.74. The van der Waals surface area contributed by atoms with E-state index >= 15 is 0 Å². The third-order valence-corrected chi connectivity index (χ3v) is 3.17. The summed E-state index contributed by atoms with van der Waals surface area (Å²) in [6, 6.07) is 4.37. The molecule has 0 bridgehead atoms. The molecule has 14 heavy (non-hydrogen) atoms. The molecule has 0 spiro atoms. The van der Waals surface area contributed by atoms with Crippen LogP contribution in [0, 0.1) is 13.8 Å². The lowest BCUT2D eigenvalue weighted by Crippen LogP contribution is -2.01. The maximum absolute atomic E-state index is 9.99. The van der Waals surface area contributed by atoms with Crippen LogP contribution in [0.3, 0.4) is 0 Å². The first-order valence-electron chi connectivity index (χ1n) is 5.46. The van der Waals surface area contributed by atoms with E-state index < -0.39 is 0 Å². The smallest absolute Gasteiger partial charge is 0.0792 e. The quantitative estimate of drug-likeness (QED) is 0.623. The zero-order valence-corrected chi connectivity index (χ0v) is 9.01. The largest absolute Gasteiger partial charge is 0.388 e. The van der Waals surface area contributed by atoms with Gasteiger partial charge in [-0.05, 0) is 49.8 Å². The number of hydrogen-bond donors (Lipinski definition) is 1. The molecule has 1 aromatic rings. The maximum Gasteiger partial charge on any atom is 0.0792 e. The Kier molecular flexibility index (Phi) is 2.60. The van der Waals surface area contributed by atoms with E-state index in [0.717, 1.165) is 19.3 Å². The van der Waals surface area contributed by atoms with Crippen molar-refractivity contribution < 1.29 is 5.11 Å². The van der Waals surface area contributed by atoms with Crippen LogP contribution in [0.15, 0.2) is 12.1 Å². The summed E-state index contributed by atoms with van der Waals surface area (Å²) in [5.41, 5.74) is 5.18. The first kappa shape index (κ1) is 9.72. The van der Waals surface area contributed by atoms with Gasteiger partial charge in [-0.3, -0.25) is 0 Å². The summed E-state index contributed by atoms with van der Waals surface area (Å²) >= 11 is 0. The van der Waals surface area contributed by atoms with Gasteiger partial charge in [0.2, 0.25) is 0 Å². The van der Waals surface area contributed by atoms with Crippen LogP contribution in [0.4, 0.5) is 0 Å². The molecule has 76 valence electrons. The van der Waals surface area contributed by atoms with Crippen molar-refractivity contribution in [3.05, 3.63) is 34.4 Å². The van der Waals surface area contributed by atoms with Gasteiger partial charge in [0.15, 0.2) is 0 Å². The van der Waals surface area contributed by atoms with Crippen LogP contribution in [0.5, 0.6) is 0 Å². The predicted octanol–water partition coefficient (Wildman–Crippen LogP) is 3.06. The Morgan fingerprint density at radius 2 is 2.00 bits per heavy atom. The fourth-order valence-electron chi connectivity index (χ4n) is 2.46. The molecule has 0 heterocycles. The van der Waals surface area contributed by atoms with Crippen LogP contribution in [0.1, 0.15) is 47.6 Å². The minimum absolute atomic E-state index is 0.230. The Morgan fingerprint density at radius 3 is 2.79 bits per heavy atom. The van der Waals surface area contributed by atoms with Gasteiger partial charge in [-0.2, -0.15) is 0 Å². The summed E-state index contributed by atoms with van der Waals surface area (Å²) < 4.78 is 0. The topological polar surface area (TPSA) is 20.2 Å². The molecule has 0 fully saturated rings. The highest BCUT2D eigenvalue weighted by Crippen LogP contribution is 2.31. The van der Waals surface area contributed by atoms with Gasteiger partial charge in [0.05, 0.1) is 6.10 Å². The Balaban J connectivity index is 2.53. The fraction of sp³-hybridized carbons (Fsp3) is 0.538. The van der Waals surface area contributed by atoms with Crippen molar-refractivity contribution >= 4 is 0 Å². The maximum atomic E-state index is 9.99. The predicted molar refractivity (Wildman–Crippen MR) is 58.4 cm³/mol. The molecule has 2 rings (SSSR count). The van der Waals surface area contributed by atoms with Crippen molar-refractivity contribution in [1.29, 1.82) is 0 Å². The van der Waals surface area contributed by atoms with Crippen LogP contribution < -0.4 is 0 Å². The lowest BCUT2D eigenvalue weighted by atomic mass is 9.94. The minimum atomic E-state index is -0.230. The summed E-state index contributed by atoms with van der Waals surface area (Å²) in [6.07, 6.45) is 4.20. The molecule has 0 amide bonds. The molecule has 0 radical (unpaired) electrons. The first-order chi connectivity index (χ1) is 6.68. The number of rotatable bonds is 0. The average Bonchev–Trinajstić information content (AvgIpc) is 2.29. The molecular weight excluding hydrogens is 172 g/mol. The Morgan fingerprint density at radius 1 is 1.21 bits per heavy atom. The molecule has 1 N–H and O–H groups in total. The first-order valence-corrected chi connectivity index (χ1v) is 5.46. The Hall–Kier alpha value is -0.820. The monoisotopic (exact) mass is 190 g/mol. The summed E-state index contributed by atoms with van der Waals surface area (Å²) in [5.74, 6) is 0. The van der Waals surface area contributed by atoms with Crippen molar-refractivity contribution in [2.24, 2.45) is 0 Å². The van der Waals surface area contributed by atoms with E-state index in [1.165, 1.54) is 28.7 Å². The highest BCUT2D eigenvalue weighted by Gasteiger charge is 2.17. The Bertz CT molecular complexity index is 341. The molecule has 1 atom stereocenters. The number of aliphatic hydroxyl groups is 1. The molecule has 0 saturated carbocycles. The second-order valence-corrected chi connectivity index (χ2v) is 4.41. The normalized spacial score (nSPS) is 21.5. The summed E-state index contributed by atoms with van der Waals surface area (Å²) in [6.45, 7) is 4.26. The summed E-state index contributed by atoms with van der Waals surface area (Å²) in [4.78, 5) is 0. The molecule has 1 aliphatic carbocycles. The van der Waals surface area contributed by atoms with Crippen LogP contribution in [-0.2, 0) is 6.42 Å². The molecule has 1 nitrogen and oxygen atoms in total. The van der Waals surface area contributed by atoms with Crippen LogP contribution >= 0.6 is 0 Å². The van der Waals surface area contributed by atoms with Gasteiger partial charge in [0.25, 0.3) is 0 Å². The van der Waals surface area contributed by atoms with Crippen molar-refractivity contribution in [2.45, 2.75) is 45.6 Å². The Labute approximate surface area is 85.8 Å². The number of hydrogen-bond acceptors (Lipinski definition) is 1. The minimum Gasteiger partial charge on any atom is -0.388 e. The van der Waals surface area contributed by atoms with Gasteiger partial charge in [0, 0.05) is 0 Å². The molecule has 1 heteroatoms. The lowest BCUT2D eigenvalue weighted by molar-refractivity contribution is 0.166. The van der Waals surface area contributed by atoms with E-state index in [1.54, 1.807) is 0 Å². The van der Waals surface area contributed by atoms with E-state index in [9.17, 15) is 5.11 Å². The molecule has 1 aliphatic rings. The number of benzene rings is 1. The van der Waals surface area contributed by atoms with Gasteiger partial charge in [-0.25, -0.2) is 0 Å². The third-order valence-electron chi connectivity index (χ3n) is 3.17.